The highest BCUT2D eigenvalue weighted by molar-refractivity contribution is 5.75. The number of benzene rings is 1. The van der Waals surface area contributed by atoms with Gasteiger partial charge >= 0.3 is 0 Å². The Morgan fingerprint density at radius 2 is 1.95 bits per heavy atom. The van der Waals surface area contributed by atoms with Crippen LogP contribution in [0.15, 0.2) is 48.7 Å². The van der Waals surface area contributed by atoms with Crippen LogP contribution in [-0.4, -0.2) is 20.6 Å². The van der Waals surface area contributed by atoms with Gasteiger partial charge in [-0.2, -0.15) is 0 Å². The van der Waals surface area contributed by atoms with Gasteiger partial charge in [0, 0.05) is 31.4 Å². The van der Waals surface area contributed by atoms with Crippen molar-refractivity contribution in [1.82, 2.24) is 14.5 Å². The van der Waals surface area contributed by atoms with Crippen LogP contribution in [0.5, 0.6) is 0 Å². The predicted molar refractivity (Wildman–Crippen MR) is 85.0 cm³/mol. The topological polar surface area (TPSA) is 56.7 Å². The summed E-state index contributed by atoms with van der Waals surface area (Å²) in [6, 6.07) is 14.3. The number of aryl methyl sites for hydroxylation is 2. The zero-order chi connectivity index (χ0) is 14.7. The summed E-state index contributed by atoms with van der Waals surface area (Å²) in [7, 11) is 2.05. The number of nitrogens with zero attached hydrogens (tertiary/aromatic N) is 3. The molecular formula is C17H20N4. The van der Waals surface area contributed by atoms with E-state index >= 15 is 0 Å². The molecule has 0 aliphatic carbocycles. The predicted octanol–water partition coefficient (Wildman–Crippen LogP) is 2.47. The van der Waals surface area contributed by atoms with E-state index in [1.165, 1.54) is 0 Å². The number of imidazole rings is 1. The summed E-state index contributed by atoms with van der Waals surface area (Å²) in [6.07, 6.45) is 4.44. The first kappa shape index (κ1) is 13.8. The summed E-state index contributed by atoms with van der Waals surface area (Å²) in [5.74, 6) is 1.05. The second-order valence-electron chi connectivity index (χ2n) is 5.40. The standard InChI is InChI=1S/C17H20N4/c1-21-16-8-3-2-7-15(16)20-17(21)12-13(18)9-10-14-6-4-5-11-19-14/h2-8,11,13H,9-10,12,18H2,1H3. The van der Waals surface area contributed by atoms with E-state index < -0.39 is 0 Å². The largest absolute Gasteiger partial charge is 0.331 e. The van der Waals surface area contributed by atoms with E-state index in [0.717, 1.165) is 41.8 Å². The van der Waals surface area contributed by atoms with Crippen LogP contribution in [0.3, 0.4) is 0 Å². The molecule has 0 fully saturated rings. The van der Waals surface area contributed by atoms with Gasteiger partial charge in [-0.05, 0) is 37.1 Å². The molecule has 2 heterocycles. The summed E-state index contributed by atoms with van der Waals surface area (Å²) < 4.78 is 2.13. The van der Waals surface area contributed by atoms with Gasteiger partial charge < -0.3 is 10.3 Å². The fourth-order valence-corrected chi connectivity index (χ4v) is 2.59. The molecule has 0 radical (unpaired) electrons. The third-order valence-corrected chi connectivity index (χ3v) is 3.82. The number of rotatable bonds is 5. The van der Waals surface area contributed by atoms with Crippen molar-refractivity contribution in [3.8, 4) is 0 Å². The lowest BCUT2D eigenvalue weighted by Gasteiger charge is -2.11. The molecule has 108 valence electrons. The summed E-state index contributed by atoms with van der Waals surface area (Å²) in [6.45, 7) is 0. The van der Waals surface area contributed by atoms with Gasteiger partial charge in [0.2, 0.25) is 0 Å². The number of aromatic nitrogens is 3. The van der Waals surface area contributed by atoms with Crippen molar-refractivity contribution in [2.24, 2.45) is 12.8 Å². The van der Waals surface area contributed by atoms with Crippen LogP contribution in [0.4, 0.5) is 0 Å². The Labute approximate surface area is 124 Å². The molecule has 0 aliphatic heterocycles. The maximum Gasteiger partial charge on any atom is 0.111 e. The molecule has 1 atom stereocenters. The van der Waals surface area contributed by atoms with Crippen LogP contribution in [0.1, 0.15) is 17.9 Å². The first-order valence-electron chi connectivity index (χ1n) is 7.30. The molecule has 3 rings (SSSR count). The zero-order valence-corrected chi connectivity index (χ0v) is 12.2. The Morgan fingerprint density at radius 1 is 1.14 bits per heavy atom. The van der Waals surface area contributed by atoms with Crippen molar-refractivity contribution in [2.75, 3.05) is 0 Å². The molecule has 0 spiro atoms. The Bertz CT molecular complexity index is 718. The monoisotopic (exact) mass is 280 g/mol. The normalized spacial score (nSPS) is 12.7. The minimum atomic E-state index is 0.0996. The number of pyridine rings is 1. The van der Waals surface area contributed by atoms with E-state index in [-0.39, 0.29) is 6.04 Å². The fourth-order valence-electron chi connectivity index (χ4n) is 2.59. The van der Waals surface area contributed by atoms with E-state index in [4.69, 9.17) is 5.73 Å². The highest BCUT2D eigenvalue weighted by atomic mass is 15.1. The van der Waals surface area contributed by atoms with Crippen molar-refractivity contribution < 1.29 is 0 Å². The van der Waals surface area contributed by atoms with Crippen molar-refractivity contribution >= 4 is 11.0 Å². The van der Waals surface area contributed by atoms with Crippen molar-refractivity contribution in [3.63, 3.8) is 0 Å². The van der Waals surface area contributed by atoms with Gasteiger partial charge in [-0.1, -0.05) is 18.2 Å². The quantitative estimate of drug-likeness (QED) is 0.781. The molecule has 3 aromatic rings. The van der Waals surface area contributed by atoms with Crippen LogP contribution in [-0.2, 0) is 19.9 Å². The van der Waals surface area contributed by atoms with Crippen LogP contribution < -0.4 is 5.73 Å². The Kier molecular flexibility index (Phi) is 3.97. The van der Waals surface area contributed by atoms with Crippen molar-refractivity contribution in [1.29, 1.82) is 0 Å². The van der Waals surface area contributed by atoms with E-state index in [1.807, 2.05) is 42.6 Å². The van der Waals surface area contributed by atoms with E-state index in [1.54, 1.807) is 0 Å². The molecule has 0 saturated heterocycles. The number of hydrogen-bond acceptors (Lipinski definition) is 3. The van der Waals surface area contributed by atoms with Crippen LogP contribution in [0.25, 0.3) is 11.0 Å². The van der Waals surface area contributed by atoms with Gasteiger partial charge in [0.25, 0.3) is 0 Å². The highest BCUT2D eigenvalue weighted by Crippen LogP contribution is 2.15. The summed E-state index contributed by atoms with van der Waals surface area (Å²) in [4.78, 5) is 9.01. The second kappa shape index (κ2) is 6.06. The van der Waals surface area contributed by atoms with Gasteiger partial charge in [-0.3, -0.25) is 4.98 Å². The average molecular weight is 280 g/mol. The minimum absolute atomic E-state index is 0.0996. The van der Waals surface area contributed by atoms with Gasteiger partial charge in [0.05, 0.1) is 11.0 Å². The lowest BCUT2D eigenvalue weighted by Crippen LogP contribution is -2.25. The molecular weight excluding hydrogens is 260 g/mol. The van der Waals surface area contributed by atoms with Crippen molar-refractivity contribution in [2.45, 2.75) is 25.3 Å². The van der Waals surface area contributed by atoms with Gasteiger partial charge in [0.15, 0.2) is 0 Å². The Hall–Kier alpha value is -2.20. The van der Waals surface area contributed by atoms with Crippen LogP contribution in [0, 0.1) is 0 Å². The number of nitrogens with two attached hydrogens (primary N) is 1. The first-order chi connectivity index (χ1) is 10.2. The summed E-state index contributed by atoms with van der Waals surface area (Å²) in [5.41, 5.74) is 9.55. The maximum atomic E-state index is 6.26. The molecule has 4 heteroatoms. The molecule has 0 aliphatic rings. The summed E-state index contributed by atoms with van der Waals surface area (Å²) >= 11 is 0. The molecule has 21 heavy (non-hydrogen) atoms. The molecule has 1 unspecified atom stereocenters. The van der Waals surface area contributed by atoms with Crippen LogP contribution >= 0.6 is 0 Å². The molecule has 4 nitrogen and oxygen atoms in total. The number of para-hydroxylation sites is 2. The number of fused-ring (bicyclic) bond motifs is 1. The molecule has 1 aromatic carbocycles. The molecule has 0 saturated carbocycles. The zero-order valence-electron chi connectivity index (χ0n) is 12.2. The van der Waals surface area contributed by atoms with Crippen LogP contribution in [0.2, 0.25) is 0 Å². The molecule has 0 bridgehead atoms. The average Bonchev–Trinajstić information content (AvgIpc) is 2.83. The minimum Gasteiger partial charge on any atom is -0.331 e. The SMILES string of the molecule is Cn1c(CC(N)CCc2ccccn2)nc2ccccc21. The van der Waals surface area contributed by atoms with E-state index in [0.29, 0.717) is 0 Å². The van der Waals surface area contributed by atoms with Gasteiger partial charge in [-0.15, -0.1) is 0 Å². The molecule has 0 amide bonds. The molecule has 2 aromatic heterocycles. The lowest BCUT2D eigenvalue weighted by atomic mass is 10.1. The van der Waals surface area contributed by atoms with E-state index in [9.17, 15) is 0 Å². The fraction of sp³-hybridized carbons (Fsp3) is 0.294. The highest BCUT2D eigenvalue weighted by Gasteiger charge is 2.11. The van der Waals surface area contributed by atoms with E-state index in [2.05, 4.69) is 27.6 Å². The first-order valence-corrected chi connectivity index (χ1v) is 7.30. The third-order valence-electron chi connectivity index (χ3n) is 3.82. The Morgan fingerprint density at radius 3 is 2.71 bits per heavy atom. The Balaban J connectivity index is 1.66. The molecule has 2 N–H and O–H groups in total. The lowest BCUT2D eigenvalue weighted by molar-refractivity contribution is 0.580. The summed E-state index contributed by atoms with van der Waals surface area (Å²) in [5, 5.41) is 0. The van der Waals surface area contributed by atoms with Crippen molar-refractivity contribution in [3.05, 3.63) is 60.2 Å². The van der Waals surface area contributed by atoms with Gasteiger partial charge in [-0.25, -0.2) is 4.98 Å². The number of hydrogen-bond donors (Lipinski definition) is 1. The van der Waals surface area contributed by atoms with Gasteiger partial charge in [0.1, 0.15) is 5.82 Å². The smallest absolute Gasteiger partial charge is 0.111 e. The maximum absolute atomic E-state index is 6.26. The third kappa shape index (κ3) is 3.11. The second-order valence-corrected chi connectivity index (χ2v) is 5.40.